The third-order valence-corrected chi connectivity index (χ3v) is 2.27. The molecule has 0 saturated heterocycles. The monoisotopic (exact) mass is 239 g/mol. The van der Waals surface area contributed by atoms with E-state index in [4.69, 9.17) is 5.73 Å². The number of nitrogens with one attached hydrogen (secondary N) is 1. The molecule has 96 valence electrons. The maximum absolute atomic E-state index is 11.9. The molecule has 0 aliphatic rings. The second kappa shape index (κ2) is 4.83. The fraction of sp³-hybridized carbons (Fsp3) is 0.727. The van der Waals surface area contributed by atoms with Gasteiger partial charge in [-0.3, -0.25) is 4.79 Å². The van der Waals surface area contributed by atoms with E-state index in [0.29, 0.717) is 5.69 Å². The third kappa shape index (κ3) is 3.81. The van der Waals surface area contributed by atoms with Crippen molar-refractivity contribution in [3.05, 3.63) is 11.9 Å². The highest BCUT2D eigenvalue weighted by atomic mass is 16.2. The van der Waals surface area contributed by atoms with Crippen molar-refractivity contribution >= 4 is 5.91 Å². The molecule has 2 atom stereocenters. The van der Waals surface area contributed by atoms with Crippen LogP contribution in [0.4, 0.5) is 0 Å². The first-order valence-corrected chi connectivity index (χ1v) is 5.70. The predicted molar refractivity (Wildman–Crippen MR) is 65.2 cm³/mol. The van der Waals surface area contributed by atoms with E-state index in [1.807, 2.05) is 27.7 Å². The lowest BCUT2D eigenvalue weighted by Crippen LogP contribution is -2.43. The van der Waals surface area contributed by atoms with Crippen LogP contribution in [-0.4, -0.2) is 26.4 Å². The van der Waals surface area contributed by atoms with Crippen molar-refractivity contribution in [3.63, 3.8) is 0 Å². The van der Waals surface area contributed by atoms with Crippen molar-refractivity contribution in [2.75, 3.05) is 0 Å². The first-order valence-electron chi connectivity index (χ1n) is 5.70. The smallest absolute Gasteiger partial charge is 0.245 e. The topological polar surface area (TPSA) is 85.8 Å². The lowest BCUT2D eigenvalue weighted by molar-refractivity contribution is -0.125. The Bertz CT molecular complexity index is 391. The molecule has 2 unspecified atom stereocenters. The number of hydrogen-bond acceptors (Lipinski definition) is 4. The van der Waals surface area contributed by atoms with Gasteiger partial charge in [0.1, 0.15) is 6.04 Å². The number of carbonyl (C=O) groups excluding carboxylic acids is 1. The highest BCUT2D eigenvalue weighted by molar-refractivity contribution is 5.80. The molecule has 6 heteroatoms. The molecule has 1 amide bonds. The quantitative estimate of drug-likeness (QED) is 0.816. The van der Waals surface area contributed by atoms with Crippen LogP contribution in [0.25, 0.3) is 0 Å². The summed E-state index contributed by atoms with van der Waals surface area (Å²) >= 11 is 0. The predicted octanol–water partition coefficient (Wildman–Crippen LogP) is 0.773. The van der Waals surface area contributed by atoms with Crippen molar-refractivity contribution < 1.29 is 4.79 Å². The van der Waals surface area contributed by atoms with Gasteiger partial charge in [-0.05, 0) is 34.6 Å². The molecule has 0 aliphatic carbocycles. The molecule has 0 bridgehead atoms. The van der Waals surface area contributed by atoms with Crippen LogP contribution in [0.3, 0.4) is 0 Å². The van der Waals surface area contributed by atoms with Crippen LogP contribution in [-0.2, 0) is 4.79 Å². The van der Waals surface area contributed by atoms with E-state index in [1.165, 1.54) is 4.68 Å². The summed E-state index contributed by atoms with van der Waals surface area (Å²) in [6.07, 6.45) is 1.71. The molecular weight excluding hydrogens is 218 g/mol. The van der Waals surface area contributed by atoms with E-state index in [0.717, 1.165) is 0 Å². The maximum atomic E-state index is 11.9. The number of amides is 1. The van der Waals surface area contributed by atoms with Gasteiger partial charge >= 0.3 is 0 Å². The number of hydrogen-bond donors (Lipinski definition) is 2. The van der Waals surface area contributed by atoms with Crippen molar-refractivity contribution in [2.45, 2.75) is 52.2 Å². The zero-order valence-electron chi connectivity index (χ0n) is 11.1. The molecule has 17 heavy (non-hydrogen) atoms. The Kier molecular flexibility index (Phi) is 3.87. The molecule has 1 heterocycles. The van der Waals surface area contributed by atoms with Crippen molar-refractivity contribution in [1.82, 2.24) is 20.3 Å². The Morgan fingerprint density at radius 2 is 2.06 bits per heavy atom. The molecule has 0 aromatic carbocycles. The van der Waals surface area contributed by atoms with Crippen LogP contribution in [0.15, 0.2) is 6.20 Å². The standard InChI is InChI=1S/C11H21N5O/c1-7(12)9-6-16(15-14-9)8(2)10(17)13-11(3,4)5/h6-8H,12H2,1-5H3,(H,13,17). The van der Waals surface area contributed by atoms with Crippen LogP contribution < -0.4 is 11.1 Å². The zero-order valence-corrected chi connectivity index (χ0v) is 11.1. The van der Waals surface area contributed by atoms with E-state index < -0.39 is 6.04 Å². The lowest BCUT2D eigenvalue weighted by Gasteiger charge is -2.23. The number of rotatable bonds is 3. The van der Waals surface area contributed by atoms with Gasteiger partial charge in [-0.25, -0.2) is 4.68 Å². The van der Waals surface area contributed by atoms with E-state index in [2.05, 4.69) is 15.6 Å². The second-order valence-electron chi connectivity index (χ2n) is 5.33. The highest BCUT2D eigenvalue weighted by Gasteiger charge is 2.21. The summed E-state index contributed by atoms with van der Waals surface area (Å²) in [6.45, 7) is 9.42. The van der Waals surface area contributed by atoms with Crippen LogP contribution in [0.2, 0.25) is 0 Å². The summed E-state index contributed by atoms with van der Waals surface area (Å²) in [5, 5.41) is 10.7. The van der Waals surface area contributed by atoms with E-state index in [-0.39, 0.29) is 17.5 Å². The molecule has 0 spiro atoms. The normalized spacial score (nSPS) is 15.4. The Hall–Kier alpha value is -1.43. The second-order valence-corrected chi connectivity index (χ2v) is 5.33. The Labute approximate surface area is 102 Å². The van der Waals surface area contributed by atoms with Gasteiger partial charge in [-0.1, -0.05) is 5.21 Å². The minimum atomic E-state index is -0.394. The lowest BCUT2D eigenvalue weighted by atomic mass is 10.1. The molecule has 0 fully saturated rings. The molecule has 0 aliphatic heterocycles. The zero-order chi connectivity index (χ0) is 13.2. The van der Waals surface area contributed by atoms with E-state index >= 15 is 0 Å². The number of aromatic nitrogens is 3. The number of nitrogens with two attached hydrogens (primary N) is 1. The van der Waals surface area contributed by atoms with Crippen LogP contribution in [0.1, 0.15) is 52.4 Å². The van der Waals surface area contributed by atoms with Crippen molar-refractivity contribution in [1.29, 1.82) is 0 Å². The molecular formula is C11H21N5O. The summed E-state index contributed by atoms with van der Waals surface area (Å²) in [4.78, 5) is 11.9. The molecule has 0 saturated carbocycles. The van der Waals surface area contributed by atoms with Crippen molar-refractivity contribution in [2.24, 2.45) is 5.73 Å². The molecule has 1 aromatic rings. The Balaban J connectivity index is 2.75. The van der Waals surface area contributed by atoms with Gasteiger partial charge in [-0.15, -0.1) is 5.10 Å². The summed E-state index contributed by atoms with van der Waals surface area (Å²) < 4.78 is 1.53. The third-order valence-electron chi connectivity index (χ3n) is 2.27. The molecule has 1 rings (SSSR count). The molecule has 0 radical (unpaired) electrons. The average molecular weight is 239 g/mol. The molecule has 1 aromatic heterocycles. The average Bonchev–Trinajstić information content (AvgIpc) is 2.62. The van der Waals surface area contributed by atoms with Gasteiger partial charge in [0.05, 0.1) is 11.9 Å². The fourth-order valence-electron chi connectivity index (χ4n) is 1.28. The Morgan fingerprint density at radius 1 is 1.47 bits per heavy atom. The molecule has 6 nitrogen and oxygen atoms in total. The SMILES string of the molecule is CC(N)c1cn(C(C)C(=O)NC(C)(C)C)nn1. The summed E-state index contributed by atoms with van der Waals surface area (Å²) in [7, 11) is 0. The number of carbonyl (C=O) groups is 1. The van der Waals surface area contributed by atoms with Gasteiger partial charge in [0, 0.05) is 11.6 Å². The van der Waals surface area contributed by atoms with Gasteiger partial charge in [0.2, 0.25) is 5.91 Å². The highest BCUT2D eigenvalue weighted by Crippen LogP contribution is 2.10. The van der Waals surface area contributed by atoms with Crippen LogP contribution >= 0.6 is 0 Å². The van der Waals surface area contributed by atoms with Crippen molar-refractivity contribution in [3.8, 4) is 0 Å². The van der Waals surface area contributed by atoms with Gasteiger partial charge in [0.15, 0.2) is 0 Å². The van der Waals surface area contributed by atoms with E-state index in [9.17, 15) is 4.79 Å². The summed E-state index contributed by atoms with van der Waals surface area (Å²) in [6, 6.07) is -0.573. The minimum absolute atomic E-state index is 0.0846. The summed E-state index contributed by atoms with van der Waals surface area (Å²) in [5.74, 6) is -0.0846. The Morgan fingerprint density at radius 3 is 2.47 bits per heavy atom. The largest absolute Gasteiger partial charge is 0.350 e. The van der Waals surface area contributed by atoms with Gasteiger partial charge in [0.25, 0.3) is 0 Å². The van der Waals surface area contributed by atoms with Gasteiger partial charge < -0.3 is 11.1 Å². The first-order chi connectivity index (χ1) is 7.70. The number of nitrogens with zero attached hydrogens (tertiary/aromatic N) is 3. The fourth-order valence-corrected chi connectivity index (χ4v) is 1.28. The molecule has 3 N–H and O–H groups in total. The summed E-state index contributed by atoms with van der Waals surface area (Å²) in [5.41, 5.74) is 6.12. The van der Waals surface area contributed by atoms with Crippen LogP contribution in [0, 0.1) is 0 Å². The van der Waals surface area contributed by atoms with E-state index in [1.54, 1.807) is 13.1 Å². The maximum Gasteiger partial charge on any atom is 0.245 e. The first kappa shape index (κ1) is 13.6. The minimum Gasteiger partial charge on any atom is -0.350 e. The van der Waals surface area contributed by atoms with Gasteiger partial charge in [-0.2, -0.15) is 0 Å². The van der Waals surface area contributed by atoms with Crippen LogP contribution in [0.5, 0.6) is 0 Å².